The minimum atomic E-state index is -1.92. The predicted octanol–water partition coefficient (Wildman–Crippen LogP) is 6.81. The van der Waals surface area contributed by atoms with Gasteiger partial charge in [-0.25, -0.2) is 9.78 Å². The van der Waals surface area contributed by atoms with Crippen LogP contribution >= 0.6 is 0 Å². The number of amides is 2. The van der Waals surface area contributed by atoms with Crippen molar-refractivity contribution in [2.75, 3.05) is 5.32 Å². The van der Waals surface area contributed by atoms with E-state index in [9.17, 15) is 9.59 Å². The molecule has 2 N–H and O–H groups in total. The molecule has 0 aromatic carbocycles. The fourth-order valence-electron chi connectivity index (χ4n) is 4.72. The van der Waals surface area contributed by atoms with Crippen LogP contribution in [0.3, 0.4) is 0 Å². The summed E-state index contributed by atoms with van der Waals surface area (Å²) in [4.78, 5) is 30.6. The van der Waals surface area contributed by atoms with E-state index in [4.69, 9.17) is 9.16 Å². The lowest BCUT2D eigenvalue weighted by atomic mass is 9.91. The van der Waals surface area contributed by atoms with E-state index in [2.05, 4.69) is 54.6 Å². The quantitative estimate of drug-likeness (QED) is 0.266. The zero-order valence-electron chi connectivity index (χ0n) is 25.9. The molecule has 3 rings (SSSR count). The highest BCUT2D eigenvalue weighted by Crippen LogP contribution is 2.37. The van der Waals surface area contributed by atoms with Gasteiger partial charge >= 0.3 is 6.09 Å². The number of hydrogen-bond donors (Lipinski definition) is 2. The summed E-state index contributed by atoms with van der Waals surface area (Å²) in [5, 5.41) is 10.4. The monoisotopic (exact) mass is 571 g/mol. The topological polar surface area (TPSA) is 107 Å². The smallest absolute Gasteiger partial charge is 0.408 e. The Kier molecular flexibility index (Phi) is 10.2. The molecule has 222 valence electrons. The average molecular weight is 572 g/mol. The van der Waals surface area contributed by atoms with Gasteiger partial charge in [-0.1, -0.05) is 46.5 Å². The van der Waals surface area contributed by atoms with Gasteiger partial charge in [-0.05, 0) is 69.8 Å². The zero-order valence-corrected chi connectivity index (χ0v) is 26.9. The number of anilines is 1. The molecule has 2 amide bonds. The number of aromatic nitrogens is 3. The van der Waals surface area contributed by atoms with Gasteiger partial charge in [0.1, 0.15) is 17.5 Å². The lowest BCUT2D eigenvalue weighted by Gasteiger charge is -2.36. The Bertz CT molecular complexity index is 1140. The van der Waals surface area contributed by atoms with E-state index < -0.39 is 26.1 Å². The number of aryl methyl sites for hydroxylation is 1. The Hall–Kier alpha value is -2.72. The maximum absolute atomic E-state index is 13.5. The van der Waals surface area contributed by atoms with Crippen LogP contribution in [0.15, 0.2) is 24.5 Å². The number of hydrogen-bond acceptors (Lipinski definition) is 6. The van der Waals surface area contributed by atoms with Crippen LogP contribution in [-0.2, 0) is 27.6 Å². The molecule has 0 radical (unpaired) electrons. The Balaban J connectivity index is 1.75. The number of nitrogens with zero attached hydrogens (tertiary/aromatic N) is 3. The second-order valence-electron chi connectivity index (χ2n) is 13.5. The van der Waals surface area contributed by atoms with E-state index in [1.165, 1.54) is 0 Å². The summed E-state index contributed by atoms with van der Waals surface area (Å²) < 4.78 is 13.7. The zero-order chi connectivity index (χ0) is 29.7. The van der Waals surface area contributed by atoms with Gasteiger partial charge in [0.25, 0.3) is 0 Å². The van der Waals surface area contributed by atoms with Gasteiger partial charge in [-0.3, -0.25) is 9.48 Å². The number of carbonyl (C=O) groups is 2. The van der Waals surface area contributed by atoms with Crippen LogP contribution in [0.25, 0.3) is 11.3 Å². The first-order valence-electron chi connectivity index (χ1n) is 14.5. The SMILES string of the molecule is Cn1ncc(CO[Si](C)(C)C(C)(C)C)c1-c1ccc(NC(=O)[C@@H](NC(=O)OC(C)(C)C)C2CCCCCC2)nc1. The summed E-state index contributed by atoms with van der Waals surface area (Å²) >= 11 is 0. The standard InChI is InChI=1S/C30H49N5O4Si/c1-29(2,3)39-28(37)34-25(21-14-12-10-11-13-15-21)27(36)33-24-17-16-22(18-31-24)26-23(19-32-35(26)7)20-38-40(8,9)30(4,5)6/h16-19,21,25H,10-15,20H2,1-9H3,(H,34,37)(H,31,33,36)/t25-/m0/s1. The van der Waals surface area contributed by atoms with Gasteiger partial charge in [0.05, 0.1) is 18.5 Å². The molecule has 1 fully saturated rings. The molecule has 0 unspecified atom stereocenters. The average Bonchev–Trinajstić information content (AvgIpc) is 3.02. The van der Waals surface area contributed by atoms with Crippen molar-refractivity contribution in [3.8, 4) is 11.3 Å². The third-order valence-electron chi connectivity index (χ3n) is 8.02. The largest absolute Gasteiger partial charge is 0.444 e. The number of rotatable bonds is 8. The predicted molar refractivity (Wildman–Crippen MR) is 161 cm³/mol. The number of pyridine rings is 1. The summed E-state index contributed by atoms with van der Waals surface area (Å²) in [5.74, 6) is 0.203. The molecule has 0 spiro atoms. The summed E-state index contributed by atoms with van der Waals surface area (Å²) in [6, 6.07) is 3.03. The summed E-state index contributed by atoms with van der Waals surface area (Å²) in [5.41, 5.74) is 2.18. The lowest BCUT2D eigenvalue weighted by Crippen LogP contribution is -2.50. The van der Waals surface area contributed by atoms with Crippen LogP contribution in [-0.4, -0.2) is 46.7 Å². The normalized spacial score (nSPS) is 16.2. The molecule has 2 aromatic rings. The van der Waals surface area contributed by atoms with E-state index in [1.807, 2.05) is 44.8 Å². The van der Waals surface area contributed by atoms with E-state index in [-0.39, 0.29) is 16.9 Å². The first-order chi connectivity index (χ1) is 18.6. The number of alkyl carbamates (subject to hydrolysis) is 1. The number of ether oxygens (including phenoxy) is 1. The first-order valence-corrected chi connectivity index (χ1v) is 17.4. The van der Waals surface area contributed by atoms with E-state index in [0.29, 0.717) is 12.4 Å². The van der Waals surface area contributed by atoms with Crippen LogP contribution in [0.2, 0.25) is 18.1 Å². The highest BCUT2D eigenvalue weighted by molar-refractivity contribution is 6.74. The molecule has 1 aliphatic carbocycles. The Morgan fingerprint density at radius 3 is 2.25 bits per heavy atom. The van der Waals surface area contributed by atoms with Crippen molar-refractivity contribution in [2.24, 2.45) is 13.0 Å². The summed E-state index contributed by atoms with van der Waals surface area (Å²) in [6.45, 7) is 17.1. The van der Waals surface area contributed by atoms with Crippen molar-refractivity contribution in [1.82, 2.24) is 20.1 Å². The minimum absolute atomic E-state index is 0.0483. The molecule has 1 saturated carbocycles. The first kappa shape index (κ1) is 31.8. The van der Waals surface area contributed by atoms with Crippen LogP contribution in [0.1, 0.15) is 85.6 Å². The van der Waals surface area contributed by atoms with E-state index in [1.54, 1.807) is 12.3 Å². The van der Waals surface area contributed by atoms with Crippen LogP contribution in [0.5, 0.6) is 0 Å². The maximum Gasteiger partial charge on any atom is 0.408 e. The van der Waals surface area contributed by atoms with Crippen LogP contribution in [0, 0.1) is 5.92 Å². The van der Waals surface area contributed by atoms with Crippen molar-refractivity contribution < 1.29 is 18.8 Å². The Morgan fingerprint density at radius 2 is 1.70 bits per heavy atom. The van der Waals surface area contributed by atoms with Gasteiger partial charge in [-0.2, -0.15) is 5.10 Å². The van der Waals surface area contributed by atoms with Gasteiger partial charge < -0.3 is 19.8 Å². The molecule has 9 nitrogen and oxygen atoms in total. The van der Waals surface area contributed by atoms with E-state index in [0.717, 1.165) is 55.3 Å². The molecule has 1 atom stereocenters. The maximum atomic E-state index is 13.5. The lowest BCUT2D eigenvalue weighted by molar-refractivity contribution is -0.119. The minimum Gasteiger partial charge on any atom is -0.444 e. The van der Waals surface area contributed by atoms with Crippen LogP contribution in [0.4, 0.5) is 10.6 Å². The van der Waals surface area contributed by atoms with Crippen molar-refractivity contribution in [3.05, 3.63) is 30.1 Å². The van der Waals surface area contributed by atoms with Crippen molar-refractivity contribution in [3.63, 3.8) is 0 Å². The Labute approximate surface area is 240 Å². The van der Waals surface area contributed by atoms with Crippen molar-refractivity contribution >= 4 is 26.1 Å². The third-order valence-corrected chi connectivity index (χ3v) is 12.5. The number of carbonyl (C=O) groups excluding carboxylic acids is 2. The van der Waals surface area contributed by atoms with Crippen LogP contribution < -0.4 is 10.6 Å². The highest BCUT2D eigenvalue weighted by atomic mass is 28.4. The molecule has 0 saturated heterocycles. The summed E-state index contributed by atoms with van der Waals surface area (Å²) in [7, 11) is -0.0192. The highest BCUT2D eigenvalue weighted by Gasteiger charge is 2.37. The van der Waals surface area contributed by atoms with E-state index >= 15 is 0 Å². The second-order valence-corrected chi connectivity index (χ2v) is 18.3. The molecule has 40 heavy (non-hydrogen) atoms. The van der Waals surface area contributed by atoms with Gasteiger partial charge in [-0.15, -0.1) is 0 Å². The van der Waals surface area contributed by atoms with Crippen molar-refractivity contribution in [2.45, 2.75) is 116 Å². The Morgan fingerprint density at radius 1 is 1.05 bits per heavy atom. The molecule has 10 heteroatoms. The molecule has 2 aromatic heterocycles. The summed E-state index contributed by atoms with van der Waals surface area (Å²) in [6.07, 6.45) is 9.17. The molecule has 0 aliphatic heterocycles. The molecular weight excluding hydrogens is 522 g/mol. The number of nitrogens with one attached hydrogen (secondary N) is 2. The molecule has 1 aliphatic rings. The fourth-order valence-corrected chi connectivity index (χ4v) is 5.67. The molecular formula is C30H49N5O4Si. The molecule has 0 bridgehead atoms. The molecule has 2 heterocycles. The second kappa shape index (κ2) is 12.8. The van der Waals surface area contributed by atoms with Gasteiger partial charge in [0, 0.05) is 24.4 Å². The van der Waals surface area contributed by atoms with Gasteiger partial charge in [0.2, 0.25) is 5.91 Å². The fraction of sp³-hybridized carbons (Fsp3) is 0.667. The van der Waals surface area contributed by atoms with Gasteiger partial charge in [0.15, 0.2) is 8.32 Å². The third kappa shape index (κ3) is 8.64. The van der Waals surface area contributed by atoms with Crippen molar-refractivity contribution in [1.29, 1.82) is 0 Å².